The van der Waals surface area contributed by atoms with Crippen LogP contribution in [0.2, 0.25) is 5.02 Å². The topological polar surface area (TPSA) is 49.7 Å². The molecule has 0 aromatic heterocycles. The maximum atomic E-state index is 9.49. The highest BCUT2D eigenvalue weighted by Crippen LogP contribution is 2.26. The number of benzene rings is 1. The minimum absolute atomic E-state index is 0.153. The second kappa shape index (κ2) is 4.84. The van der Waals surface area contributed by atoms with Crippen molar-refractivity contribution in [2.45, 2.75) is 26.1 Å². The van der Waals surface area contributed by atoms with Gasteiger partial charge in [0.05, 0.1) is 12.2 Å². The van der Waals surface area contributed by atoms with Crippen LogP contribution in [0.25, 0.3) is 0 Å². The van der Waals surface area contributed by atoms with E-state index in [9.17, 15) is 5.11 Å². The van der Waals surface area contributed by atoms with Crippen molar-refractivity contribution in [3.63, 3.8) is 0 Å². The average Bonchev–Trinajstić information content (AvgIpc) is 2.13. The highest BCUT2D eigenvalue weighted by atomic mass is 35.5. The van der Waals surface area contributed by atoms with E-state index in [-0.39, 0.29) is 13.2 Å². The number of hydrogen-bond acceptors (Lipinski definition) is 3. The third-order valence-corrected chi connectivity index (χ3v) is 2.17. The molecular weight excluding hydrogens is 216 g/mol. The van der Waals surface area contributed by atoms with Gasteiger partial charge in [-0.3, -0.25) is 0 Å². The monoisotopic (exact) mass is 230 g/mol. The van der Waals surface area contributed by atoms with Gasteiger partial charge in [-0.15, -0.1) is 0 Å². The zero-order valence-electron chi connectivity index (χ0n) is 8.83. The zero-order valence-corrected chi connectivity index (χ0v) is 9.58. The second-order valence-electron chi connectivity index (χ2n) is 3.98. The van der Waals surface area contributed by atoms with E-state index in [0.717, 1.165) is 0 Å². The van der Waals surface area contributed by atoms with Crippen molar-refractivity contribution < 1.29 is 14.9 Å². The molecule has 3 nitrogen and oxygen atoms in total. The summed E-state index contributed by atoms with van der Waals surface area (Å²) in [5.74, 6) is 0.507. The zero-order chi connectivity index (χ0) is 11.5. The fourth-order valence-corrected chi connectivity index (χ4v) is 1.31. The lowest BCUT2D eigenvalue weighted by Crippen LogP contribution is -2.28. The van der Waals surface area contributed by atoms with Gasteiger partial charge in [0.15, 0.2) is 0 Å². The molecule has 0 aliphatic heterocycles. The van der Waals surface area contributed by atoms with Gasteiger partial charge in [0.25, 0.3) is 0 Å². The molecule has 2 N–H and O–H groups in total. The van der Waals surface area contributed by atoms with Crippen LogP contribution >= 0.6 is 11.6 Å². The highest BCUT2D eigenvalue weighted by Gasteiger charge is 2.15. The Labute approximate surface area is 94.3 Å². The molecule has 4 heteroatoms. The Balaban J connectivity index is 2.81. The SMILES string of the molecule is CC(C)(O)COc1cccc(Cl)c1CO. The Morgan fingerprint density at radius 2 is 2.07 bits per heavy atom. The summed E-state index contributed by atoms with van der Waals surface area (Å²) >= 11 is 5.88. The van der Waals surface area contributed by atoms with Crippen LogP contribution < -0.4 is 4.74 Å². The molecule has 0 heterocycles. The summed E-state index contributed by atoms with van der Waals surface area (Å²) in [6.45, 7) is 3.27. The average molecular weight is 231 g/mol. The Bertz CT molecular complexity index is 331. The summed E-state index contributed by atoms with van der Waals surface area (Å²) in [6, 6.07) is 5.13. The molecule has 0 spiro atoms. The summed E-state index contributed by atoms with van der Waals surface area (Å²) in [5, 5.41) is 19.1. The molecule has 0 bridgehead atoms. The maximum absolute atomic E-state index is 9.49. The van der Waals surface area contributed by atoms with E-state index in [1.807, 2.05) is 0 Å². The van der Waals surface area contributed by atoms with E-state index in [4.69, 9.17) is 21.4 Å². The lowest BCUT2D eigenvalue weighted by molar-refractivity contribution is 0.0277. The third kappa shape index (κ3) is 3.70. The lowest BCUT2D eigenvalue weighted by atomic mass is 10.1. The first kappa shape index (κ1) is 12.3. The Hall–Kier alpha value is -0.770. The Kier molecular flexibility index (Phi) is 3.97. The van der Waals surface area contributed by atoms with Gasteiger partial charge in [0.1, 0.15) is 12.4 Å². The fraction of sp³-hybridized carbons (Fsp3) is 0.455. The molecule has 0 aliphatic carbocycles. The van der Waals surface area contributed by atoms with Crippen molar-refractivity contribution in [3.05, 3.63) is 28.8 Å². The van der Waals surface area contributed by atoms with Crippen molar-refractivity contribution in [3.8, 4) is 5.75 Å². The molecule has 1 aromatic carbocycles. The molecule has 0 fully saturated rings. The number of rotatable bonds is 4. The molecule has 0 atom stereocenters. The van der Waals surface area contributed by atoms with Crippen molar-refractivity contribution in [2.24, 2.45) is 0 Å². The van der Waals surface area contributed by atoms with E-state index in [0.29, 0.717) is 16.3 Å². The minimum atomic E-state index is -0.908. The van der Waals surface area contributed by atoms with Crippen molar-refractivity contribution in [1.29, 1.82) is 0 Å². The second-order valence-corrected chi connectivity index (χ2v) is 4.38. The van der Waals surface area contributed by atoms with Crippen LogP contribution in [0.4, 0.5) is 0 Å². The fourth-order valence-electron chi connectivity index (χ4n) is 1.08. The molecule has 0 unspecified atom stereocenters. The molecular formula is C11H15ClO3. The van der Waals surface area contributed by atoms with Crippen LogP contribution in [0, 0.1) is 0 Å². The third-order valence-electron chi connectivity index (χ3n) is 1.81. The summed E-state index contributed by atoms with van der Waals surface area (Å²) in [5.41, 5.74) is -0.363. The molecule has 1 rings (SSSR count). The number of aliphatic hydroxyl groups excluding tert-OH is 1. The molecule has 0 amide bonds. The van der Waals surface area contributed by atoms with Gasteiger partial charge in [-0.1, -0.05) is 17.7 Å². The Morgan fingerprint density at radius 3 is 2.60 bits per heavy atom. The van der Waals surface area contributed by atoms with E-state index >= 15 is 0 Å². The van der Waals surface area contributed by atoms with Crippen molar-refractivity contribution in [2.75, 3.05) is 6.61 Å². The summed E-state index contributed by atoms with van der Waals surface area (Å²) in [6.07, 6.45) is 0. The van der Waals surface area contributed by atoms with Gasteiger partial charge in [-0.25, -0.2) is 0 Å². The minimum Gasteiger partial charge on any atom is -0.490 e. The summed E-state index contributed by atoms with van der Waals surface area (Å²) in [4.78, 5) is 0. The molecule has 15 heavy (non-hydrogen) atoms. The quantitative estimate of drug-likeness (QED) is 0.832. The van der Waals surface area contributed by atoms with Gasteiger partial charge in [0, 0.05) is 10.6 Å². The van der Waals surface area contributed by atoms with Gasteiger partial charge < -0.3 is 14.9 Å². The van der Waals surface area contributed by atoms with E-state index < -0.39 is 5.60 Å². The van der Waals surface area contributed by atoms with Crippen molar-refractivity contribution in [1.82, 2.24) is 0 Å². The van der Waals surface area contributed by atoms with Crippen LogP contribution in [0.15, 0.2) is 18.2 Å². The van der Waals surface area contributed by atoms with Gasteiger partial charge in [-0.05, 0) is 26.0 Å². The van der Waals surface area contributed by atoms with Crippen LogP contribution in [-0.4, -0.2) is 22.4 Å². The first-order chi connectivity index (χ1) is 6.94. The smallest absolute Gasteiger partial charge is 0.126 e. The molecule has 84 valence electrons. The van der Waals surface area contributed by atoms with Crippen LogP contribution in [0.5, 0.6) is 5.75 Å². The lowest BCUT2D eigenvalue weighted by Gasteiger charge is -2.19. The van der Waals surface area contributed by atoms with E-state index in [1.54, 1.807) is 32.0 Å². The summed E-state index contributed by atoms with van der Waals surface area (Å²) < 4.78 is 5.38. The maximum Gasteiger partial charge on any atom is 0.126 e. The molecule has 0 radical (unpaired) electrons. The standard InChI is InChI=1S/C11H15ClO3/c1-11(2,14)7-15-10-5-3-4-9(12)8(10)6-13/h3-5,13-14H,6-7H2,1-2H3. The number of ether oxygens (including phenoxy) is 1. The van der Waals surface area contributed by atoms with Gasteiger partial charge >= 0.3 is 0 Å². The first-order valence-corrected chi connectivity index (χ1v) is 5.05. The van der Waals surface area contributed by atoms with Crippen LogP contribution in [0.3, 0.4) is 0 Å². The van der Waals surface area contributed by atoms with Gasteiger partial charge in [-0.2, -0.15) is 0 Å². The normalized spacial score (nSPS) is 11.5. The van der Waals surface area contributed by atoms with Crippen LogP contribution in [-0.2, 0) is 6.61 Å². The molecule has 0 aliphatic rings. The van der Waals surface area contributed by atoms with E-state index in [1.165, 1.54) is 0 Å². The number of halogens is 1. The van der Waals surface area contributed by atoms with E-state index in [2.05, 4.69) is 0 Å². The highest BCUT2D eigenvalue weighted by molar-refractivity contribution is 6.31. The van der Waals surface area contributed by atoms with Crippen LogP contribution in [0.1, 0.15) is 19.4 Å². The predicted molar refractivity (Wildman–Crippen MR) is 59.2 cm³/mol. The number of aliphatic hydroxyl groups is 2. The number of hydrogen-bond donors (Lipinski definition) is 2. The predicted octanol–water partition coefficient (Wildman–Crippen LogP) is 1.98. The largest absolute Gasteiger partial charge is 0.490 e. The molecule has 1 aromatic rings. The first-order valence-electron chi connectivity index (χ1n) is 4.67. The van der Waals surface area contributed by atoms with Crippen molar-refractivity contribution >= 4 is 11.6 Å². The Morgan fingerprint density at radius 1 is 1.40 bits per heavy atom. The molecule has 0 saturated heterocycles. The van der Waals surface area contributed by atoms with Gasteiger partial charge in [0.2, 0.25) is 0 Å². The summed E-state index contributed by atoms with van der Waals surface area (Å²) in [7, 11) is 0. The molecule has 0 saturated carbocycles.